The van der Waals surface area contributed by atoms with Crippen LogP contribution in [0.15, 0.2) is 46.0 Å². The van der Waals surface area contributed by atoms with Crippen molar-refractivity contribution in [3.05, 3.63) is 42.4 Å². The van der Waals surface area contributed by atoms with Gasteiger partial charge in [0.25, 0.3) is 0 Å². The van der Waals surface area contributed by atoms with Gasteiger partial charge in [-0.05, 0) is 45.3 Å². The third-order valence-electron chi connectivity index (χ3n) is 3.91. The van der Waals surface area contributed by atoms with Crippen LogP contribution >= 0.6 is 24.0 Å². The Hall–Kier alpha value is -1.94. The molecular formula is C19H29IN4O3. The number of rotatable bonds is 8. The normalized spacial score (nSPS) is 12.3. The number of hydrogen-bond acceptors (Lipinski definition) is 5. The zero-order valence-electron chi connectivity index (χ0n) is 16.5. The Bertz CT molecular complexity index is 705. The van der Waals surface area contributed by atoms with Crippen LogP contribution < -0.4 is 20.1 Å². The van der Waals surface area contributed by atoms with Crippen LogP contribution in [0.1, 0.15) is 18.7 Å². The standard InChI is InChI=1S/C19H28N4O3.HI/c1-6-25-17-10-9-14(12-18(17)24-5)22-19(20-2)21-13-15(23(3)4)16-8-7-11-26-16;/h7-12,15H,6,13H2,1-5H3,(H2,20,21,22);1H. The Morgan fingerprint density at radius 1 is 1.26 bits per heavy atom. The highest BCUT2D eigenvalue weighted by molar-refractivity contribution is 14.0. The summed E-state index contributed by atoms with van der Waals surface area (Å²) in [6.45, 7) is 3.18. The van der Waals surface area contributed by atoms with Crippen molar-refractivity contribution in [3.63, 3.8) is 0 Å². The van der Waals surface area contributed by atoms with Crippen LogP contribution in [-0.4, -0.2) is 52.3 Å². The maximum absolute atomic E-state index is 5.55. The summed E-state index contributed by atoms with van der Waals surface area (Å²) >= 11 is 0. The van der Waals surface area contributed by atoms with Gasteiger partial charge in [-0.15, -0.1) is 24.0 Å². The summed E-state index contributed by atoms with van der Waals surface area (Å²) < 4.78 is 16.5. The zero-order chi connectivity index (χ0) is 18.9. The van der Waals surface area contributed by atoms with E-state index in [9.17, 15) is 0 Å². The van der Waals surface area contributed by atoms with E-state index < -0.39 is 0 Å². The van der Waals surface area contributed by atoms with E-state index in [-0.39, 0.29) is 30.0 Å². The lowest BCUT2D eigenvalue weighted by Crippen LogP contribution is -2.37. The number of hydrogen-bond donors (Lipinski definition) is 2. The van der Waals surface area contributed by atoms with Crippen molar-refractivity contribution in [3.8, 4) is 11.5 Å². The number of halogens is 1. The number of nitrogens with zero attached hydrogens (tertiary/aromatic N) is 2. The van der Waals surface area contributed by atoms with Crippen LogP contribution in [0.2, 0.25) is 0 Å². The molecule has 0 saturated carbocycles. The molecule has 1 heterocycles. The van der Waals surface area contributed by atoms with Crippen molar-refractivity contribution < 1.29 is 13.9 Å². The third kappa shape index (κ3) is 6.62. The monoisotopic (exact) mass is 488 g/mol. The fourth-order valence-electron chi connectivity index (χ4n) is 2.55. The number of methoxy groups -OCH3 is 1. The molecule has 150 valence electrons. The number of likely N-dealkylation sites (N-methyl/N-ethyl adjacent to an activating group) is 1. The molecule has 1 aromatic carbocycles. The van der Waals surface area contributed by atoms with E-state index in [4.69, 9.17) is 13.9 Å². The van der Waals surface area contributed by atoms with Gasteiger partial charge in [-0.25, -0.2) is 0 Å². The molecule has 2 N–H and O–H groups in total. The van der Waals surface area contributed by atoms with Crippen molar-refractivity contribution in [2.24, 2.45) is 4.99 Å². The minimum Gasteiger partial charge on any atom is -0.493 e. The Kier molecular flexibility index (Phi) is 10.0. The Balaban J connectivity index is 0.00000364. The second kappa shape index (κ2) is 11.7. The summed E-state index contributed by atoms with van der Waals surface area (Å²) in [6, 6.07) is 9.65. The topological polar surface area (TPSA) is 71.3 Å². The molecule has 8 heteroatoms. The number of furan rings is 1. The van der Waals surface area contributed by atoms with Crippen LogP contribution in [0, 0.1) is 0 Å². The van der Waals surface area contributed by atoms with Crippen LogP contribution in [0.25, 0.3) is 0 Å². The highest BCUT2D eigenvalue weighted by atomic mass is 127. The lowest BCUT2D eigenvalue weighted by Gasteiger charge is -2.23. The van der Waals surface area contributed by atoms with Crippen molar-refractivity contribution in [1.29, 1.82) is 0 Å². The minimum atomic E-state index is 0. The molecule has 0 radical (unpaired) electrons. The molecule has 0 saturated heterocycles. The SMILES string of the molecule is CCOc1ccc(NC(=NC)NCC(c2ccco2)N(C)C)cc1OC.I. The van der Waals surface area contributed by atoms with E-state index in [2.05, 4.69) is 20.5 Å². The molecular weight excluding hydrogens is 459 g/mol. The highest BCUT2D eigenvalue weighted by Crippen LogP contribution is 2.30. The predicted molar refractivity (Wildman–Crippen MR) is 120 cm³/mol. The van der Waals surface area contributed by atoms with E-state index in [0.29, 0.717) is 30.6 Å². The van der Waals surface area contributed by atoms with Crippen LogP contribution in [0.4, 0.5) is 5.69 Å². The summed E-state index contributed by atoms with van der Waals surface area (Å²) in [5.41, 5.74) is 0.859. The highest BCUT2D eigenvalue weighted by Gasteiger charge is 2.17. The average molecular weight is 488 g/mol. The number of ether oxygens (including phenoxy) is 2. The second-order valence-electron chi connectivity index (χ2n) is 5.87. The van der Waals surface area contributed by atoms with Gasteiger partial charge < -0.3 is 24.5 Å². The van der Waals surface area contributed by atoms with E-state index in [1.165, 1.54) is 0 Å². The third-order valence-corrected chi connectivity index (χ3v) is 3.91. The summed E-state index contributed by atoms with van der Waals surface area (Å²) in [4.78, 5) is 6.38. The van der Waals surface area contributed by atoms with Crippen LogP contribution in [0.3, 0.4) is 0 Å². The Morgan fingerprint density at radius 3 is 2.59 bits per heavy atom. The van der Waals surface area contributed by atoms with Gasteiger partial charge >= 0.3 is 0 Å². The molecule has 0 aliphatic carbocycles. The molecule has 1 atom stereocenters. The smallest absolute Gasteiger partial charge is 0.195 e. The molecule has 2 aromatic rings. The van der Waals surface area contributed by atoms with Gasteiger partial charge in [0.15, 0.2) is 17.5 Å². The van der Waals surface area contributed by atoms with Gasteiger partial charge in [-0.3, -0.25) is 9.89 Å². The summed E-state index contributed by atoms with van der Waals surface area (Å²) in [6.07, 6.45) is 1.69. The fourth-order valence-corrected chi connectivity index (χ4v) is 2.55. The van der Waals surface area contributed by atoms with E-state index in [1.54, 1.807) is 20.4 Å². The molecule has 0 amide bonds. The summed E-state index contributed by atoms with van der Waals surface area (Å²) in [5.74, 6) is 2.96. The number of benzene rings is 1. The van der Waals surface area contributed by atoms with Gasteiger partial charge in [0.1, 0.15) is 5.76 Å². The van der Waals surface area contributed by atoms with Gasteiger partial charge in [-0.1, -0.05) is 0 Å². The summed E-state index contributed by atoms with van der Waals surface area (Å²) in [7, 11) is 7.39. The average Bonchev–Trinajstić information content (AvgIpc) is 3.16. The molecule has 0 aliphatic heterocycles. The molecule has 0 fully saturated rings. The van der Waals surface area contributed by atoms with E-state index in [0.717, 1.165) is 11.4 Å². The van der Waals surface area contributed by atoms with Crippen molar-refractivity contribution in [2.45, 2.75) is 13.0 Å². The molecule has 0 bridgehead atoms. The van der Waals surface area contributed by atoms with Gasteiger partial charge in [-0.2, -0.15) is 0 Å². The zero-order valence-corrected chi connectivity index (χ0v) is 18.8. The lowest BCUT2D eigenvalue weighted by molar-refractivity contribution is 0.258. The van der Waals surface area contributed by atoms with Crippen molar-refractivity contribution >= 4 is 35.6 Å². The van der Waals surface area contributed by atoms with Gasteiger partial charge in [0.05, 0.1) is 26.0 Å². The first kappa shape index (κ1) is 23.1. The van der Waals surface area contributed by atoms with Crippen LogP contribution in [0.5, 0.6) is 11.5 Å². The first-order valence-corrected chi connectivity index (χ1v) is 8.57. The molecule has 0 aliphatic rings. The Labute approximate surface area is 178 Å². The number of guanidine groups is 1. The Morgan fingerprint density at radius 2 is 2.04 bits per heavy atom. The number of anilines is 1. The first-order valence-electron chi connectivity index (χ1n) is 8.57. The molecule has 1 unspecified atom stereocenters. The number of aliphatic imine (C=N–C) groups is 1. The number of nitrogens with one attached hydrogen (secondary N) is 2. The van der Waals surface area contributed by atoms with E-state index in [1.807, 2.05) is 51.4 Å². The first-order chi connectivity index (χ1) is 12.6. The maximum Gasteiger partial charge on any atom is 0.195 e. The largest absolute Gasteiger partial charge is 0.493 e. The van der Waals surface area contributed by atoms with Crippen molar-refractivity contribution in [2.75, 3.05) is 46.7 Å². The molecule has 1 aromatic heterocycles. The van der Waals surface area contributed by atoms with Gasteiger partial charge in [0.2, 0.25) is 0 Å². The molecule has 27 heavy (non-hydrogen) atoms. The maximum atomic E-state index is 5.55. The summed E-state index contributed by atoms with van der Waals surface area (Å²) in [5, 5.41) is 6.60. The second-order valence-corrected chi connectivity index (χ2v) is 5.87. The fraction of sp³-hybridized carbons (Fsp3) is 0.421. The van der Waals surface area contributed by atoms with Gasteiger partial charge in [0, 0.05) is 25.3 Å². The molecule has 7 nitrogen and oxygen atoms in total. The predicted octanol–water partition coefficient (Wildman–Crippen LogP) is 3.60. The van der Waals surface area contributed by atoms with Crippen molar-refractivity contribution in [1.82, 2.24) is 10.2 Å². The van der Waals surface area contributed by atoms with Crippen LogP contribution in [-0.2, 0) is 0 Å². The molecule has 2 rings (SSSR count). The molecule has 0 spiro atoms. The lowest BCUT2D eigenvalue weighted by atomic mass is 10.2. The van der Waals surface area contributed by atoms with E-state index >= 15 is 0 Å². The minimum absolute atomic E-state index is 0. The quantitative estimate of drug-likeness (QED) is 0.336.